The average molecular weight is 405 g/mol. The maximum atomic E-state index is 12.4. The summed E-state index contributed by atoms with van der Waals surface area (Å²) in [5.74, 6) is -1.57. The van der Waals surface area contributed by atoms with Gasteiger partial charge < -0.3 is 15.2 Å². The van der Waals surface area contributed by atoms with Crippen LogP contribution in [0.3, 0.4) is 0 Å². The Morgan fingerprint density at radius 1 is 1.19 bits per heavy atom. The van der Waals surface area contributed by atoms with Gasteiger partial charge in [0.1, 0.15) is 5.56 Å². The van der Waals surface area contributed by atoms with Gasteiger partial charge in [0.05, 0.1) is 28.4 Å². The zero-order valence-electron chi connectivity index (χ0n) is 14.1. The molecule has 2 N–H and O–H groups in total. The minimum Gasteiger partial charge on any atom is -0.478 e. The minimum atomic E-state index is -1.03. The van der Waals surface area contributed by atoms with Crippen molar-refractivity contribution >= 4 is 57.4 Å². The number of hydrogen-bond acceptors (Lipinski definition) is 5. The van der Waals surface area contributed by atoms with E-state index in [0.717, 1.165) is 0 Å². The van der Waals surface area contributed by atoms with Crippen molar-refractivity contribution in [3.63, 3.8) is 0 Å². The molecule has 3 aromatic rings. The lowest BCUT2D eigenvalue weighted by Gasteiger charge is -2.15. The van der Waals surface area contributed by atoms with Gasteiger partial charge in [-0.05, 0) is 43.3 Å². The fourth-order valence-electron chi connectivity index (χ4n) is 2.57. The van der Waals surface area contributed by atoms with Crippen molar-refractivity contribution in [1.82, 2.24) is 4.98 Å². The quantitative estimate of drug-likeness (QED) is 0.570. The predicted molar refractivity (Wildman–Crippen MR) is 104 cm³/mol. The number of hydrogen-bond donors (Lipinski definition) is 2. The van der Waals surface area contributed by atoms with E-state index in [-0.39, 0.29) is 17.7 Å². The monoisotopic (exact) mass is 404 g/mol. The first-order chi connectivity index (χ1) is 12.9. The number of carboxylic acid groups (broad SMARTS) is 1. The van der Waals surface area contributed by atoms with Gasteiger partial charge in [-0.1, -0.05) is 23.2 Å². The number of aromatic carboxylic acids is 1. The Kier molecular flexibility index (Phi) is 5.48. The number of carboxylic acids is 1. The molecule has 0 aliphatic heterocycles. The first-order valence-corrected chi connectivity index (χ1v) is 8.71. The highest BCUT2D eigenvalue weighted by Crippen LogP contribution is 2.35. The number of anilines is 2. The van der Waals surface area contributed by atoms with Crippen LogP contribution in [0.5, 0.6) is 0 Å². The summed E-state index contributed by atoms with van der Waals surface area (Å²) in [5.41, 5.74) is 1.83. The highest BCUT2D eigenvalue weighted by molar-refractivity contribution is 6.38. The highest BCUT2D eigenvalue weighted by atomic mass is 35.5. The number of nitrogens with zero attached hydrogens (tertiary/aromatic N) is 1. The molecule has 0 fully saturated rings. The molecule has 2 aromatic carbocycles. The summed E-state index contributed by atoms with van der Waals surface area (Å²) < 4.78 is 5.10. The Bertz CT molecular complexity index is 1040. The highest BCUT2D eigenvalue weighted by Gasteiger charge is 2.19. The van der Waals surface area contributed by atoms with Gasteiger partial charge in [0.15, 0.2) is 0 Å². The van der Waals surface area contributed by atoms with E-state index in [9.17, 15) is 9.59 Å². The molecule has 0 saturated heterocycles. The van der Waals surface area contributed by atoms with Crippen LogP contribution in [0.25, 0.3) is 10.9 Å². The zero-order valence-corrected chi connectivity index (χ0v) is 15.6. The lowest BCUT2D eigenvalue weighted by molar-refractivity contribution is 0.0526. The van der Waals surface area contributed by atoms with Crippen molar-refractivity contribution in [1.29, 1.82) is 0 Å². The first kappa shape index (κ1) is 18.9. The smallest absolute Gasteiger partial charge is 0.341 e. The molecule has 6 nitrogen and oxygen atoms in total. The summed E-state index contributed by atoms with van der Waals surface area (Å²) in [6, 6.07) is 9.31. The number of rotatable bonds is 5. The molecule has 138 valence electrons. The Labute approximate surface area is 164 Å². The fourth-order valence-corrected chi connectivity index (χ4v) is 3.11. The predicted octanol–water partition coefficient (Wildman–Crippen LogP) is 5.16. The van der Waals surface area contributed by atoms with E-state index in [0.29, 0.717) is 32.3 Å². The SMILES string of the molecule is CCOC(=O)c1cnc2c(Cl)cc(Cl)cc2c1Nc1ccc(C(=O)O)cc1. The number of pyridine rings is 1. The molecule has 0 aliphatic rings. The van der Waals surface area contributed by atoms with Gasteiger partial charge in [-0.2, -0.15) is 0 Å². The van der Waals surface area contributed by atoms with E-state index in [2.05, 4.69) is 10.3 Å². The van der Waals surface area contributed by atoms with Crippen molar-refractivity contribution in [2.24, 2.45) is 0 Å². The number of carbonyl (C=O) groups is 2. The molecule has 0 aliphatic carbocycles. The number of aromatic nitrogens is 1. The maximum absolute atomic E-state index is 12.4. The largest absolute Gasteiger partial charge is 0.478 e. The second-order valence-corrected chi connectivity index (χ2v) is 6.40. The number of benzene rings is 2. The lowest BCUT2D eigenvalue weighted by atomic mass is 10.1. The van der Waals surface area contributed by atoms with Crippen molar-refractivity contribution in [2.75, 3.05) is 11.9 Å². The molecule has 0 atom stereocenters. The van der Waals surface area contributed by atoms with Crippen molar-refractivity contribution in [2.45, 2.75) is 6.92 Å². The van der Waals surface area contributed by atoms with Crippen LogP contribution in [-0.4, -0.2) is 28.6 Å². The third-order valence-corrected chi connectivity index (χ3v) is 4.29. The normalized spacial score (nSPS) is 10.6. The molecule has 1 aromatic heterocycles. The summed E-state index contributed by atoms with van der Waals surface area (Å²) in [4.78, 5) is 27.6. The standard InChI is InChI=1S/C19H14Cl2N2O4/c1-2-27-19(26)14-9-22-17-13(7-11(20)8-15(17)21)16(14)23-12-5-3-10(4-6-12)18(24)25/h3-9H,2H2,1H3,(H,22,23)(H,24,25). The van der Waals surface area contributed by atoms with Crippen molar-refractivity contribution < 1.29 is 19.4 Å². The van der Waals surface area contributed by atoms with Gasteiger partial charge in [-0.3, -0.25) is 4.98 Å². The van der Waals surface area contributed by atoms with Gasteiger partial charge in [-0.25, -0.2) is 9.59 Å². The van der Waals surface area contributed by atoms with Gasteiger partial charge in [-0.15, -0.1) is 0 Å². The molecular formula is C19H14Cl2N2O4. The van der Waals surface area contributed by atoms with Crippen molar-refractivity contribution in [3.8, 4) is 0 Å². The number of esters is 1. The third kappa shape index (κ3) is 3.97. The van der Waals surface area contributed by atoms with Gasteiger partial charge >= 0.3 is 11.9 Å². The van der Waals surface area contributed by atoms with Crippen LogP contribution < -0.4 is 5.32 Å². The van der Waals surface area contributed by atoms with E-state index in [1.54, 1.807) is 31.2 Å². The van der Waals surface area contributed by atoms with E-state index in [1.807, 2.05) is 0 Å². The molecule has 0 amide bonds. The molecule has 1 heterocycles. The van der Waals surface area contributed by atoms with E-state index in [4.69, 9.17) is 33.0 Å². The zero-order chi connectivity index (χ0) is 19.6. The summed E-state index contributed by atoms with van der Waals surface area (Å²) in [7, 11) is 0. The summed E-state index contributed by atoms with van der Waals surface area (Å²) in [6.07, 6.45) is 1.38. The second kappa shape index (κ2) is 7.82. The summed E-state index contributed by atoms with van der Waals surface area (Å²) in [5, 5.41) is 13.4. The summed E-state index contributed by atoms with van der Waals surface area (Å²) in [6.45, 7) is 1.91. The molecule has 0 radical (unpaired) electrons. The van der Waals surface area contributed by atoms with Crippen LogP contribution in [0, 0.1) is 0 Å². The topological polar surface area (TPSA) is 88.5 Å². The molecule has 8 heteroatoms. The van der Waals surface area contributed by atoms with Gasteiger partial charge in [0.2, 0.25) is 0 Å². The fraction of sp³-hybridized carbons (Fsp3) is 0.105. The van der Waals surface area contributed by atoms with Gasteiger partial charge in [0, 0.05) is 22.3 Å². The van der Waals surface area contributed by atoms with Crippen molar-refractivity contribution in [3.05, 3.63) is 63.8 Å². The third-order valence-electron chi connectivity index (χ3n) is 3.79. The number of ether oxygens (including phenoxy) is 1. The van der Waals surface area contributed by atoms with Gasteiger partial charge in [0.25, 0.3) is 0 Å². The van der Waals surface area contributed by atoms with E-state index in [1.165, 1.54) is 18.3 Å². The summed E-state index contributed by atoms with van der Waals surface area (Å²) >= 11 is 12.4. The number of fused-ring (bicyclic) bond motifs is 1. The molecule has 0 spiro atoms. The van der Waals surface area contributed by atoms with Crippen LogP contribution in [0.1, 0.15) is 27.6 Å². The van der Waals surface area contributed by atoms with Crippen LogP contribution in [-0.2, 0) is 4.74 Å². The Hall–Kier alpha value is -2.83. The molecule has 3 rings (SSSR count). The molecule has 0 saturated carbocycles. The second-order valence-electron chi connectivity index (χ2n) is 5.56. The number of nitrogens with one attached hydrogen (secondary N) is 1. The lowest BCUT2D eigenvalue weighted by Crippen LogP contribution is -2.09. The average Bonchev–Trinajstić information content (AvgIpc) is 2.62. The molecule has 27 heavy (non-hydrogen) atoms. The van der Waals surface area contributed by atoms with Crippen LogP contribution >= 0.6 is 23.2 Å². The Morgan fingerprint density at radius 2 is 1.89 bits per heavy atom. The van der Waals surface area contributed by atoms with Crippen LogP contribution in [0.4, 0.5) is 11.4 Å². The van der Waals surface area contributed by atoms with Crippen LogP contribution in [0.15, 0.2) is 42.6 Å². The number of halogens is 2. The van der Waals surface area contributed by atoms with Crippen LogP contribution in [0.2, 0.25) is 10.0 Å². The molecular weight excluding hydrogens is 391 g/mol. The first-order valence-electron chi connectivity index (χ1n) is 7.96. The minimum absolute atomic E-state index is 0.150. The Balaban J connectivity index is 2.16. The molecule has 0 unspecified atom stereocenters. The number of carbonyl (C=O) groups excluding carboxylic acids is 1. The van der Waals surface area contributed by atoms with E-state index >= 15 is 0 Å². The maximum Gasteiger partial charge on any atom is 0.341 e. The Morgan fingerprint density at radius 3 is 2.52 bits per heavy atom. The van der Waals surface area contributed by atoms with E-state index < -0.39 is 11.9 Å². The molecule has 0 bridgehead atoms.